The SMILES string of the molecule is N#CC(=Cc1cn(CC(=O)O)c2ccccc12)C(=O)Nc1cccc(Br)c1. The molecule has 1 aromatic heterocycles. The molecule has 2 aromatic carbocycles. The van der Waals surface area contributed by atoms with E-state index in [0.717, 1.165) is 15.4 Å². The maximum absolute atomic E-state index is 12.5. The van der Waals surface area contributed by atoms with Crippen LogP contribution in [-0.4, -0.2) is 21.6 Å². The monoisotopic (exact) mass is 423 g/mol. The van der Waals surface area contributed by atoms with Gasteiger partial charge in [-0.25, -0.2) is 0 Å². The molecular formula is C20H14BrN3O3. The molecule has 0 atom stereocenters. The van der Waals surface area contributed by atoms with E-state index >= 15 is 0 Å². The Balaban J connectivity index is 1.97. The molecule has 1 heterocycles. The maximum Gasteiger partial charge on any atom is 0.323 e. The second-order valence-corrected chi connectivity index (χ2v) is 6.67. The van der Waals surface area contributed by atoms with Gasteiger partial charge in [-0.15, -0.1) is 0 Å². The van der Waals surface area contributed by atoms with Crippen LogP contribution in [0.2, 0.25) is 0 Å². The van der Waals surface area contributed by atoms with Crippen molar-refractivity contribution in [1.82, 2.24) is 4.57 Å². The lowest BCUT2D eigenvalue weighted by Gasteiger charge is -2.04. The van der Waals surface area contributed by atoms with E-state index in [1.807, 2.05) is 24.3 Å². The van der Waals surface area contributed by atoms with Gasteiger partial charge in [-0.05, 0) is 30.3 Å². The van der Waals surface area contributed by atoms with Gasteiger partial charge in [-0.3, -0.25) is 9.59 Å². The number of halogens is 1. The number of nitrogens with one attached hydrogen (secondary N) is 1. The van der Waals surface area contributed by atoms with Crippen LogP contribution in [0.5, 0.6) is 0 Å². The summed E-state index contributed by atoms with van der Waals surface area (Å²) in [7, 11) is 0. The van der Waals surface area contributed by atoms with Gasteiger partial charge in [-0.1, -0.05) is 40.2 Å². The van der Waals surface area contributed by atoms with Crippen molar-refractivity contribution in [1.29, 1.82) is 5.26 Å². The van der Waals surface area contributed by atoms with Crippen LogP contribution in [0.1, 0.15) is 5.56 Å². The average molecular weight is 424 g/mol. The first-order valence-electron chi connectivity index (χ1n) is 7.96. The summed E-state index contributed by atoms with van der Waals surface area (Å²) < 4.78 is 2.38. The molecule has 0 aliphatic rings. The van der Waals surface area contributed by atoms with Crippen LogP contribution < -0.4 is 5.32 Å². The normalized spacial score (nSPS) is 11.2. The number of carboxylic acids is 1. The number of aliphatic carboxylic acids is 1. The molecule has 2 N–H and O–H groups in total. The number of carbonyl (C=O) groups excluding carboxylic acids is 1. The Bertz CT molecular complexity index is 1110. The smallest absolute Gasteiger partial charge is 0.323 e. The van der Waals surface area contributed by atoms with E-state index in [9.17, 15) is 14.9 Å². The number of nitriles is 1. The third kappa shape index (κ3) is 4.25. The van der Waals surface area contributed by atoms with E-state index in [-0.39, 0.29) is 12.1 Å². The number of rotatable bonds is 5. The van der Waals surface area contributed by atoms with Crippen LogP contribution in [0.4, 0.5) is 5.69 Å². The third-order valence-electron chi connectivity index (χ3n) is 3.87. The second kappa shape index (κ2) is 7.89. The molecule has 0 radical (unpaired) electrons. The Morgan fingerprint density at radius 3 is 2.70 bits per heavy atom. The first kappa shape index (κ1) is 18.4. The lowest BCUT2D eigenvalue weighted by atomic mass is 10.1. The summed E-state index contributed by atoms with van der Waals surface area (Å²) in [6.45, 7) is -0.208. The lowest BCUT2D eigenvalue weighted by molar-refractivity contribution is -0.137. The summed E-state index contributed by atoms with van der Waals surface area (Å²) in [5.74, 6) is -1.51. The van der Waals surface area contributed by atoms with Crippen molar-refractivity contribution in [3.63, 3.8) is 0 Å². The van der Waals surface area contributed by atoms with Crippen molar-refractivity contribution in [2.45, 2.75) is 6.54 Å². The Kier molecular flexibility index (Phi) is 5.38. The predicted molar refractivity (Wildman–Crippen MR) is 106 cm³/mol. The van der Waals surface area contributed by atoms with Crippen molar-refractivity contribution in [3.8, 4) is 6.07 Å². The van der Waals surface area contributed by atoms with E-state index < -0.39 is 11.9 Å². The van der Waals surface area contributed by atoms with Crippen molar-refractivity contribution < 1.29 is 14.7 Å². The topological polar surface area (TPSA) is 95.1 Å². The van der Waals surface area contributed by atoms with Crippen molar-refractivity contribution in [3.05, 3.63) is 70.3 Å². The maximum atomic E-state index is 12.5. The number of fused-ring (bicyclic) bond motifs is 1. The van der Waals surface area contributed by atoms with Gasteiger partial charge in [0.25, 0.3) is 5.91 Å². The molecule has 7 heteroatoms. The van der Waals surface area contributed by atoms with E-state index in [2.05, 4.69) is 21.2 Å². The highest BCUT2D eigenvalue weighted by Crippen LogP contribution is 2.24. The molecule has 0 saturated heterocycles. The van der Waals surface area contributed by atoms with Crippen molar-refractivity contribution in [2.75, 3.05) is 5.32 Å². The average Bonchev–Trinajstić information content (AvgIpc) is 2.96. The summed E-state index contributed by atoms with van der Waals surface area (Å²) in [5, 5.41) is 22.0. The number of carbonyl (C=O) groups is 2. The fraction of sp³-hybridized carbons (Fsp3) is 0.0500. The molecule has 1 amide bonds. The van der Waals surface area contributed by atoms with Gasteiger partial charge < -0.3 is 15.0 Å². The van der Waals surface area contributed by atoms with Crippen LogP contribution in [0.25, 0.3) is 17.0 Å². The molecule has 6 nitrogen and oxygen atoms in total. The molecular weight excluding hydrogens is 410 g/mol. The number of aromatic nitrogens is 1. The quantitative estimate of drug-likeness (QED) is 0.478. The predicted octanol–water partition coefficient (Wildman–Crippen LogP) is 4.03. The molecule has 3 rings (SSSR count). The first-order chi connectivity index (χ1) is 13.0. The largest absolute Gasteiger partial charge is 0.480 e. The van der Waals surface area contributed by atoms with Gasteiger partial charge in [0.15, 0.2) is 0 Å². The van der Waals surface area contributed by atoms with Crippen molar-refractivity contribution >= 4 is 50.5 Å². The van der Waals surface area contributed by atoms with Crippen LogP contribution in [0.15, 0.2) is 64.8 Å². The zero-order chi connectivity index (χ0) is 19.4. The van der Waals surface area contributed by atoms with Gasteiger partial charge in [-0.2, -0.15) is 5.26 Å². The Morgan fingerprint density at radius 1 is 1.22 bits per heavy atom. The summed E-state index contributed by atoms with van der Waals surface area (Å²) in [6, 6.07) is 16.2. The van der Waals surface area contributed by atoms with Crippen LogP contribution in [0, 0.1) is 11.3 Å². The molecule has 27 heavy (non-hydrogen) atoms. The number of hydrogen-bond acceptors (Lipinski definition) is 3. The zero-order valence-corrected chi connectivity index (χ0v) is 15.6. The number of anilines is 1. The van der Waals surface area contributed by atoms with Crippen LogP contribution in [0.3, 0.4) is 0 Å². The Hall–Kier alpha value is -3.37. The second-order valence-electron chi connectivity index (χ2n) is 5.76. The summed E-state index contributed by atoms with van der Waals surface area (Å²) in [5.41, 5.74) is 1.81. The molecule has 3 aromatic rings. The van der Waals surface area contributed by atoms with Crippen LogP contribution in [-0.2, 0) is 16.1 Å². The van der Waals surface area contributed by atoms with Crippen molar-refractivity contribution in [2.24, 2.45) is 0 Å². The van der Waals surface area contributed by atoms with E-state index in [1.165, 1.54) is 6.08 Å². The van der Waals surface area contributed by atoms with E-state index in [4.69, 9.17) is 5.11 Å². The molecule has 0 saturated carbocycles. The number of nitrogens with zero attached hydrogens (tertiary/aromatic N) is 2. The molecule has 0 fully saturated rings. The standard InChI is InChI=1S/C20H14BrN3O3/c21-15-4-3-5-16(9-15)23-20(27)13(10-22)8-14-11-24(12-19(25)26)18-7-2-1-6-17(14)18/h1-9,11H,12H2,(H,23,27)(H,25,26). The molecule has 0 bridgehead atoms. The Morgan fingerprint density at radius 2 is 2.00 bits per heavy atom. The molecule has 0 aliphatic heterocycles. The number of para-hydroxylation sites is 1. The fourth-order valence-electron chi connectivity index (χ4n) is 2.74. The number of benzene rings is 2. The minimum Gasteiger partial charge on any atom is -0.480 e. The molecule has 0 aliphatic carbocycles. The van der Waals surface area contributed by atoms with Gasteiger partial charge in [0.2, 0.25) is 0 Å². The van der Waals surface area contributed by atoms with E-state index in [0.29, 0.717) is 11.3 Å². The highest BCUT2D eigenvalue weighted by molar-refractivity contribution is 9.10. The first-order valence-corrected chi connectivity index (χ1v) is 8.75. The van der Waals surface area contributed by atoms with Gasteiger partial charge in [0.05, 0.1) is 0 Å². The highest BCUT2D eigenvalue weighted by Gasteiger charge is 2.13. The van der Waals surface area contributed by atoms with Crippen LogP contribution >= 0.6 is 15.9 Å². The summed E-state index contributed by atoms with van der Waals surface area (Å²) in [6.07, 6.45) is 3.09. The molecule has 0 unspecified atom stereocenters. The highest BCUT2D eigenvalue weighted by atomic mass is 79.9. The van der Waals surface area contributed by atoms with Gasteiger partial charge in [0.1, 0.15) is 18.2 Å². The van der Waals surface area contributed by atoms with Gasteiger partial charge in [0, 0.05) is 32.8 Å². The number of hydrogen-bond donors (Lipinski definition) is 2. The summed E-state index contributed by atoms with van der Waals surface area (Å²) in [4.78, 5) is 23.5. The van der Waals surface area contributed by atoms with E-state index in [1.54, 1.807) is 41.1 Å². The number of carboxylic acid groups (broad SMARTS) is 1. The number of amides is 1. The summed E-state index contributed by atoms with van der Waals surface area (Å²) >= 11 is 3.33. The third-order valence-corrected chi connectivity index (χ3v) is 4.37. The molecule has 0 spiro atoms. The fourth-order valence-corrected chi connectivity index (χ4v) is 3.13. The minimum atomic E-state index is -0.973. The lowest BCUT2D eigenvalue weighted by Crippen LogP contribution is -2.13. The Labute approximate surface area is 163 Å². The molecule has 134 valence electrons. The van der Waals surface area contributed by atoms with Gasteiger partial charge >= 0.3 is 5.97 Å². The zero-order valence-electron chi connectivity index (χ0n) is 14.0. The minimum absolute atomic E-state index is 0.0757.